The molecule has 0 radical (unpaired) electrons. The highest BCUT2D eigenvalue weighted by Gasteiger charge is 2.37. The number of methoxy groups -OCH3 is 1. The van der Waals surface area contributed by atoms with Gasteiger partial charge in [-0.3, -0.25) is 0 Å². The molecule has 40 heavy (non-hydrogen) atoms. The normalized spacial score (nSPS) is 14.5. The second kappa shape index (κ2) is 9.95. The second-order valence-electron chi connectivity index (χ2n) is 9.39. The van der Waals surface area contributed by atoms with Crippen molar-refractivity contribution in [3.8, 4) is 29.2 Å². The summed E-state index contributed by atoms with van der Waals surface area (Å²) in [6.07, 6.45) is -0.0994. The molecule has 198 valence electrons. The minimum Gasteiger partial charge on any atom is -0.497 e. The Morgan fingerprint density at radius 3 is 2.60 bits per heavy atom. The molecule has 1 unspecified atom stereocenters. The average Bonchev–Trinajstić information content (AvgIpc) is 2.95. The number of aromatic nitrogens is 1. The van der Waals surface area contributed by atoms with Crippen LogP contribution >= 0.6 is 11.6 Å². The van der Waals surface area contributed by atoms with Crippen molar-refractivity contribution in [3.63, 3.8) is 0 Å². The van der Waals surface area contributed by atoms with Crippen molar-refractivity contribution in [2.75, 3.05) is 7.11 Å². The van der Waals surface area contributed by atoms with Crippen molar-refractivity contribution in [3.05, 3.63) is 110 Å². The topological polar surface area (TPSA) is 121 Å². The summed E-state index contributed by atoms with van der Waals surface area (Å²) in [7, 11) is 1.58. The summed E-state index contributed by atoms with van der Waals surface area (Å²) < 4.78 is 23.5. The first kappa shape index (κ1) is 25.3. The van der Waals surface area contributed by atoms with Gasteiger partial charge < -0.3 is 24.4 Å². The highest BCUT2D eigenvalue weighted by atomic mass is 35.5. The molecule has 0 spiro atoms. The first-order chi connectivity index (χ1) is 19.4. The van der Waals surface area contributed by atoms with Crippen molar-refractivity contribution in [1.82, 2.24) is 4.98 Å². The molecule has 0 fully saturated rings. The zero-order valence-electron chi connectivity index (χ0n) is 21.5. The van der Waals surface area contributed by atoms with Gasteiger partial charge in [0, 0.05) is 21.5 Å². The van der Waals surface area contributed by atoms with Gasteiger partial charge in [-0.2, -0.15) is 5.26 Å². The smallest absolute Gasteiger partial charge is 0.344 e. The van der Waals surface area contributed by atoms with Crippen LogP contribution in [-0.4, -0.2) is 12.1 Å². The van der Waals surface area contributed by atoms with Crippen molar-refractivity contribution in [2.45, 2.75) is 19.3 Å². The Balaban J connectivity index is 1.67. The number of rotatable bonds is 5. The summed E-state index contributed by atoms with van der Waals surface area (Å²) in [6, 6.07) is 21.7. The van der Waals surface area contributed by atoms with Crippen LogP contribution in [0.1, 0.15) is 29.0 Å². The number of halogens is 1. The molecule has 0 aliphatic carbocycles. The minimum atomic E-state index is -0.838. The van der Waals surface area contributed by atoms with Gasteiger partial charge >= 0.3 is 5.63 Å². The lowest BCUT2D eigenvalue weighted by Gasteiger charge is -2.29. The fourth-order valence-electron chi connectivity index (χ4n) is 4.95. The molecule has 0 amide bonds. The van der Waals surface area contributed by atoms with E-state index in [0.29, 0.717) is 44.1 Å². The lowest BCUT2D eigenvalue weighted by atomic mass is 9.82. The predicted molar refractivity (Wildman–Crippen MR) is 151 cm³/mol. The maximum absolute atomic E-state index is 13.6. The van der Waals surface area contributed by atoms with E-state index >= 15 is 0 Å². The highest BCUT2D eigenvalue weighted by Crippen LogP contribution is 2.48. The van der Waals surface area contributed by atoms with Crippen molar-refractivity contribution >= 4 is 33.5 Å². The third-order valence-corrected chi connectivity index (χ3v) is 7.09. The molecular formula is C31H22ClN3O5. The number of nitrogens with zero attached hydrogens (tertiary/aromatic N) is 2. The fraction of sp³-hybridized carbons (Fsp3) is 0.129. The van der Waals surface area contributed by atoms with Crippen LogP contribution in [0.2, 0.25) is 5.02 Å². The lowest BCUT2D eigenvalue weighted by molar-refractivity contribution is 0.379. The Kier molecular flexibility index (Phi) is 6.29. The summed E-state index contributed by atoms with van der Waals surface area (Å²) in [6.45, 7) is 1.93. The van der Waals surface area contributed by atoms with Gasteiger partial charge in [-0.25, -0.2) is 9.78 Å². The van der Waals surface area contributed by atoms with Crippen LogP contribution in [0.15, 0.2) is 87.4 Å². The zero-order valence-corrected chi connectivity index (χ0v) is 22.3. The van der Waals surface area contributed by atoms with Gasteiger partial charge in [0.25, 0.3) is 0 Å². The van der Waals surface area contributed by atoms with Gasteiger partial charge in [0.2, 0.25) is 5.88 Å². The molecule has 1 aliphatic rings. The Morgan fingerprint density at radius 1 is 1.07 bits per heavy atom. The maximum Gasteiger partial charge on any atom is 0.344 e. The number of aryl methyl sites for hydroxylation is 1. The number of allylic oxidation sites excluding steroid dienone is 1. The van der Waals surface area contributed by atoms with Gasteiger partial charge in [0.05, 0.1) is 42.0 Å². The van der Waals surface area contributed by atoms with Crippen LogP contribution in [0.5, 0.6) is 23.1 Å². The number of nitriles is 1. The summed E-state index contributed by atoms with van der Waals surface area (Å²) in [5.74, 6) is 0.822. The second-order valence-corrected chi connectivity index (χ2v) is 9.83. The van der Waals surface area contributed by atoms with E-state index < -0.39 is 11.5 Å². The van der Waals surface area contributed by atoms with Crippen LogP contribution in [0.3, 0.4) is 0 Å². The number of nitrogens with two attached hydrogens (primary N) is 1. The van der Waals surface area contributed by atoms with Gasteiger partial charge in [-0.1, -0.05) is 23.2 Å². The molecule has 0 saturated heterocycles. The SMILES string of the molecule is COc1ccc2nc(Oc3ccc(Cl)cc3)c(C3C(CC#N)=C(N)Oc4c3c(=O)oc3ccc(C)cc43)cc2c1. The van der Waals surface area contributed by atoms with Crippen LogP contribution in [0, 0.1) is 18.3 Å². The molecule has 0 bridgehead atoms. The molecule has 6 rings (SSSR count). The molecule has 1 atom stereocenters. The van der Waals surface area contributed by atoms with Crippen molar-refractivity contribution in [2.24, 2.45) is 5.73 Å². The van der Waals surface area contributed by atoms with E-state index in [9.17, 15) is 10.1 Å². The number of hydrogen-bond acceptors (Lipinski definition) is 8. The first-order valence-corrected chi connectivity index (χ1v) is 12.8. The van der Waals surface area contributed by atoms with Crippen molar-refractivity contribution < 1.29 is 18.6 Å². The first-order valence-electron chi connectivity index (χ1n) is 12.4. The summed E-state index contributed by atoms with van der Waals surface area (Å²) in [5, 5.41) is 11.6. The molecule has 8 nitrogen and oxygen atoms in total. The Hall–Kier alpha value is -5.00. The molecule has 9 heteroatoms. The van der Waals surface area contributed by atoms with Gasteiger partial charge in [0.15, 0.2) is 11.6 Å². The van der Waals surface area contributed by atoms with Gasteiger partial charge in [0.1, 0.15) is 17.1 Å². The lowest BCUT2D eigenvalue weighted by Crippen LogP contribution is -2.27. The summed E-state index contributed by atoms with van der Waals surface area (Å²) in [5.41, 5.74) is 8.90. The molecule has 5 aromatic rings. The number of hydrogen-bond donors (Lipinski definition) is 1. The molecular weight excluding hydrogens is 530 g/mol. The Bertz CT molecular complexity index is 1940. The quantitative estimate of drug-likeness (QED) is 0.239. The van der Waals surface area contributed by atoms with E-state index in [4.69, 9.17) is 40.9 Å². The van der Waals surface area contributed by atoms with Crippen LogP contribution < -0.4 is 25.6 Å². The maximum atomic E-state index is 13.6. The summed E-state index contributed by atoms with van der Waals surface area (Å²) in [4.78, 5) is 18.4. The van der Waals surface area contributed by atoms with Crippen LogP contribution in [0.4, 0.5) is 0 Å². The Labute approximate surface area is 233 Å². The highest BCUT2D eigenvalue weighted by molar-refractivity contribution is 6.30. The number of ether oxygens (including phenoxy) is 3. The van der Waals surface area contributed by atoms with Crippen molar-refractivity contribution in [1.29, 1.82) is 5.26 Å². The average molecular weight is 552 g/mol. The van der Waals surface area contributed by atoms with E-state index in [2.05, 4.69) is 6.07 Å². The number of pyridine rings is 1. The Morgan fingerprint density at radius 2 is 1.85 bits per heavy atom. The molecule has 3 aromatic carbocycles. The number of benzene rings is 3. The third-order valence-electron chi connectivity index (χ3n) is 6.84. The van der Waals surface area contributed by atoms with Crippen LogP contribution in [-0.2, 0) is 0 Å². The van der Waals surface area contributed by atoms with Gasteiger partial charge in [-0.05, 0) is 67.6 Å². The van der Waals surface area contributed by atoms with Crippen LogP contribution in [0.25, 0.3) is 21.9 Å². The van der Waals surface area contributed by atoms with Gasteiger partial charge in [-0.15, -0.1) is 0 Å². The summed E-state index contributed by atoms with van der Waals surface area (Å²) >= 11 is 6.08. The minimum absolute atomic E-state index is 0.0376. The molecule has 3 heterocycles. The van der Waals surface area contributed by atoms with E-state index in [-0.39, 0.29) is 29.5 Å². The molecule has 1 aliphatic heterocycles. The standard InChI is InChI=1S/C31H22ClN3O5/c1-16-3-10-25-22(13-16)28-27(31(36)39-25)26(21(11-12-33)29(34)40-28)23-15-17-14-20(37-2)8-9-24(17)35-30(23)38-19-6-4-18(32)5-7-19/h3-10,13-15,26H,11,34H2,1-2H3. The largest absolute Gasteiger partial charge is 0.497 e. The molecule has 2 aromatic heterocycles. The van der Waals surface area contributed by atoms with E-state index in [1.165, 1.54) is 0 Å². The predicted octanol–water partition coefficient (Wildman–Crippen LogP) is 6.71. The van der Waals surface area contributed by atoms with E-state index in [0.717, 1.165) is 10.9 Å². The number of fused-ring (bicyclic) bond motifs is 4. The molecule has 0 saturated carbocycles. The zero-order chi connectivity index (χ0) is 28.0. The monoisotopic (exact) mass is 551 g/mol. The van der Waals surface area contributed by atoms with E-state index in [1.807, 2.05) is 37.3 Å². The third kappa shape index (κ3) is 4.36. The van der Waals surface area contributed by atoms with E-state index in [1.54, 1.807) is 43.5 Å². The molecule has 2 N–H and O–H groups in total. The fourth-order valence-corrected chi connectivity index (χ4v) is 5.08.